The lowest BCUT2D eigenvalue weighted by Crippen LogP contribution is -2.00. The predicted octanol–water partition coefficient (Wildman–Crippen LogP) is 3.35. The Hall–Kier alpha value is -2.34. The number of hydrogen-bond donors (Lipinski definition) is 2. The first-order chi connectivity index (χ1) is 10.2. The summed E-state index contributed by atoms with van der Waals surface area (Å²) in [5.41, 5.74) is 2.76. The van der Waals surface area contributed by atoms with Crippen molar-refractivity contribution in [2.45, 2.75) is 6.54 Å². The second-order valence-corrected chi connectivity index (χ2v) is 5.43. The zero-order valence-electron chi connectivity index (χ0n) is 11.1. The van der Waals surface area contributed by atoms with Gasteiger partial charge in [0.15, 0.2) is 0 Å². The molecule has 0 radical (unpaired) electrons. The van der Waals surface area contributed by atoms with E-state index in [9.17, 15) is 5.11 Å². The molecule has 0 fully saturated rings. The summed E-state index contributed by atoms with van der Waals surface area (Å²) in [6.45, 7) is 0.550. The van der Waals surface area contributed by atoms with Crippen molar-refractivity contribution in [1.82, 2.24) is 14.8 Å². The van der Waals surface area contributed by atoms with Crippen molar-refractivity contribution >= 4 is 21.6 Å². The summed E-state index contributed by atoms with van der Waals surface area (Å²) in [5, 5.41) is 17.2. The van der Waals surface area contributed by atoms with Gasteiger partial charge in [-0.3, -0.25) is 0 Å². The number of nitrogens with zero attached hydrogens (tertiary/aromatic N) is 3. The van der Waals surface area contributed by atoms with Gasteiger partial charge in [-0.05, 0) is 42.5 Å². The Morgan fingerprint density at radius 3 is 2.67 bits per heavy atom. The second kappa shape index (κ2) is 5.97. The molecule has 0 atom stereocenters. The molecule has 2 aromatic carbocycles. The first-order valence-corrected chi connectivity index (χ1v) is 7.18. The summed E-state index contributed by atoms with van der Waals surface area (Å²) >= 11 is 3.40. The molecule has 3 rings (SSSR count). The highest BCUT2D eigenvalue weighted by atomic mass is 79.9. The summed E-state index contributed by atoms with van der Waals surface area (Å²) in [4.78, 5) is 3.92. The van der Waals surface area contributed by atoms with Crippen LogP contribution in [0, 0.1) is 0 Å². The largest absolute Gasteiger partial charge is 0.508 e. The predicted molar refractivity (Wildman–Crippen MR) is 84.5 cm³/mol. The third kappa shape index (κ3) is 3.22. The van der Waals surface area contributed by atoms with Gasteiger partial charge in [-0.2, -0.15) is 5.10 Å². The molecule has 0 aliphatic rings. The molecule has 2 N–H and O–H groups in total. The van der Waals surface area contributed by atoms with Gasteiger partial charge in [0.1, 0.15) is 18.4 Å². The molecular formula is C15H13BrN4O. The molecule has 5 nitrogen and oxygen atoms in total. The van der Waals surface area contributed by atoms with Crippen LogP contribution in [0.25, 0.3) is 5.69 Å². The molecule has 0 unspecified atom stereocenters. The highest BCUT2D eigenvalue weighted by molar-refractivity contribution is 9.10. The summed E-state index contributed by atoms with van der Waals surface area (Å²) in [7, 11) is 0. The van der Waals surface area contributed by atoms with E-state index in [1.807, 2.05) is 36.4 Å². The number of hydrogen-bond acceptors (Lipinski definition) is 4. The third-order valence-corrected chi connectivity index (χ3v) is 3.57. The molecular weight excluding hydrogens is 332 g/mol. The van der Waals surface area contributed by atoms with Gasteiger partial charge in [0.25, 0.3) is 0 Å². The van der Waals surface area contributed by atoms with E-state index < -0.39 is 0 Å². The Morgan fingerprint density at radius 1 is 1.14 bits per heavy atom. The number of rotatable bonds is 4. The zero-order chi connectivity index (χ0) is 14.7. The normalized spacial score (nSPS) is 10.5. The maximum Gasteiger partial charge on any atom is 0.138 e. The van der Waals surface area contributed by atoms with Crippen LogP contribution in [0.15, 0.2) is 59.6 Å². The maximum atomic E-state index is 9.80. The van der Waals surface area contributed by atoms with Crippen molar-refractivity contribution in [3.05, 3.63) is 65.2 Å². The van der Waals surface area contributed by atoms with Gasteiger partial charge < -0.3 is 10.4 Å². The molecule has 0 aliphatic heterocycles. The fourth-order valence-electron chi connectivity index (χ4n) is 1.97. The van der Waals surface area contributed by atoms with Crippen molar-refractivity contribution in [2.75, 3.05) is 5.32 Å². The van der Waals surface area contributed by atoms with E-state index in [4.69, 9.17) is 0 Å². The molecule has 0 amide bonds. The van der Waals surface area contributed by atoms with Crippen LogP contribution in [0.2, 0.25) is 0 Å². The van der Waals surface area contributed by atoms with E-state index >= 15 is 0 Å². The fourth-order valence-corrected chi connectivity index (χ4v) is 2.38. The minimum absolute atomic E-state index is 0.282. The van der Waals surface area contributed by atoms with Gasteiger partial charge in [-0.15, -0.1) is 0 Å². The van der Waals surface area contributed by atoms with Gasteiger partial charge in [-0.25, -0.2) is 9.67 Å². The molecule has 106 valence electrons. The van der Waals surface area contributed by atoms with Crippen molar-refractivity contribution in [1.29, 1.82) is 0 Å². The number of halogens is 1. The molecule has 0 aliphatic carbocycles. The highest BCUT2D eigenvalue weighted by Gasteiger charge is 2.02. The highest BCUT2D eigenvalue weighted by Crippen LogP contribution is 2.23. The summed E-state index contributed by atoms with van der Waals surface area (Å²) < 4.78 is 2.64. The van der Waals surface area contributed by atoms with Gasteiger partial charge >= 0.3 is 0 Å². The van der Waals surface area contributed by atoms with E-state index in [-0.39, 0.29) is 5.75 Å². The average molecular weight is 345 g/mol. The first-order valence-electron chi connectivity index (χ1n) is 6.39. The van der Waals surface area contributed by atoms with Crippen LogP contribution in [-0.2, 0) is 6.54 Å². The standard InChI is InChI=1S/C15H13BrN4O/c16-12-1-6-15(21)11(7-12)8-18-13-2-4-14(5-3-13)20-10-17-9-19-20/h1-7,9-10,18,21H,8H2. The fraction of sp³-hybridized carbons (Fsp3) is 0.0667. The number of aromatic hydroxyl groups is 1. The SMILES string of the molecule is Oc1ccc(Br)cc1CNc1ccc(-n2cncn2)cc1. The van der Waals surface area contributed by atoms with E-state index in [2.05, 4.69) is 31.3 Å². The van der Waals surface area contributed by atoms with Crippen molar-refractivity contribution in [2.24, 2.45) is 0 Å². The lowest BCUT2D eigenvalue weighted by molar-refractivity contribution is 0.469. The smallest absolute Gasteiger partial charge is 0.138 e. The van der Waals surface area contributed by atoms with E-state index in [0.29, 0.717) is 6.54 Å². The Kier molecular flexibility index (Phi) is 3.87. The van der Waals surface area contributed by atoms with Gasteiger partial charge in [-0.1, -0.05) is 15.9 Å². The van der Waals surface area contributed by atoms with E-state index in [1.165, 1.54) is 6.33 Å². The average Bonchev–Trinajstić information content (AvgIpc) is 3.03. The van der Waals surface area contributed by atoms with Crippen LogP contribution in [0.3, 0.4) is 0 Å². The molecule has 0 bridgehead atoms. The molecule has 1 aromatic heterocycles. The Morgan fingerprint density at radius 2 is 1.95 bits per heavy atom. The molecule has 1 heterocycles. The van der Waals surface area contributed by atoms with Crippen molar-refractivity contribution in [3.8, 4) is 11.4 Å². The Balaban J connectivity index is 1.70. The van der Waals surface area contributed by atoms with Crippen LogP contribution >= 0.6 is 15.9 Å². The summed E-state index contributed by atoms with van der Waals surface area (Å²) in [6, 6.07) is 13.2. The van der Waals surface area contributed by atoms with Crippen molar-refractivity contribution in [3.63, 3.8) is 0 Å². The number of phenolic OH excluding ortho intramolecular Hbond substituents is 1. The Bertz CT molecular complexity index is 726. The molecule has 0 saturated heterocycles. The number of aromatic nitrogens is 3. The number of anilines is 1. The minimum atomic E-state index is 0.282. The quantitative estimate of drug-likeness (QED) is 0.761. The van der Waals surface area contributed by atoms with Crippen LogP contribution < -0.4 is 5.32 Å². The number of benzene rings is 2. The number of nitrogens with one attached hydrogen (secondary N) is 1. The lowest BCUT2D eigenvalue weighted by Gasteiger charge is -2.09. The monoisotopic (exact) mass is 344 g/mol. The van der Waals surface area contributed by atoms with Crippen LogP contribution in [0.1, 0.15) is 5.56 Å². The first kappa shape index (κ1) is 13.6. The summed E-state index contributed by atoms with van der Waals surface area (Å²) in [6.07, 6.45) is 3.16. The number of phenols is 1. The van der Waals surface area contributed by atoms with Gasteiger partial charge in [0, 0.05) is 22.3 Å². The third-order valence-electron chi connectivity index (χ3n) is 3.08. The molecule has 21 heavy (non-hydrogen) atoms. The van der Waals surface area contributed by atoms with Crippen LogP contribution in [0.4, 0.5) is 5.69 Å². The van der Waals surface area contributed by atoms with Crippen LogP contribution in [-0.4, -0.2) is 19.9 Å². The molecule has 6 heteroatoms. The van der Waals surface area contributed by atoms with E-state index in [0.717, 1.165) is 21.4 Å². The van der Waals surface area contributed by atoms with Gasteiger partial charge in [0.05, 0.1) is 5.69 Å². The lowest BCUT2D eigenvalue weighted by atomic mass is 10.2. The molecule has 0 saturated carbocycles. The maximum absolute atomic E-state index is 9.80. The molecule has 3 aromatic rings. The minimum Gasteiger partial charge on any atom is -0.508 e. The summed E-state index contributed by atoms with van der Waals surface area (Å²) in [5.74, 6) is 0.282. The van der Waals surface area contributed by atoms with Crippen molar-refractivity contribution < 1.29 is 5.11 Å². The topological polar surface area (TPSA) is 63.0 Å². The zero-order valence-corrected chi connectivity index (χ0v) is 12.7. The van der Waals surface area contributed by atoms with Gasteiger partial charge in [0.2, 0.25) is 0 Å². The molecule has 0 spiro atoms. The Labute approximate surface area is 130 Å². The van der Waals surface area contributed by atoms with Crippen LogP contribution in [0.5, 0.6) is 5.75 Å². The van der Waals surface area contributed by atoms with E-state index in [1.54, 1.807) is 17.1 Å². The second-order valence-electron chi connectivity index (χ2n) is 4.51.